The topological polar surface area (TPSA) is 49.2 Å². The molecule has 0 radical (unpaired) electrons. The Bertz CT molecular complexity index is 614. The van der Waals surface area contributed by atoms with Crippen molar-refractivity contribution in [3.05, 3.63) is 35.6 Å². The van der Waals surface area contributed by atoms with Gasteiger partial charge < -0.3 is 24.8 Å². The maximum Gasteiger partial charge on any atom is 0.277 e. The molecule has 26 heavy (non-hydrogen) atoms. The monoisotopic (exact) mass is 381 g/mol. The first-order valence-electron chi connectivity index (χ1n) is 9.08. The van der Waals surface area contributed by atoms with Crippen LogP contribution in [0.1, 0.15) is 5.56 Å². The molecule has 0 spiro atoms. The molecule has 1 amide bonds. The predicted octanol–water partition coefficient (Wildman–Crippen LogP) is -0.740. The molecule has 1 aromatic rings. The maximum atomic E-state index is 12.9. The number of nitrogens with zero attached hydrogens (tertiary/aromatic N) is 2. The quantitative estimate of drug-likeness (QED) is 0.673. The molecule has 2 N–H and O–H groups in total. The summed E-state index contributed by atoms with van der Waals surface area (Å²) in [6.45, 7) is 7.28. The molecule has 0 aromatic heterocycles. The van der Waals surface area contributed by atoms with Crippen molar-refractivity contribution < 1.29 is 18.8 Å². The molecule has 0 bridgehead atoms. The summed E-state index contributed by atoms with van der Waals surface area (Å²) in [5.41, 5.74) is 0.995. The van der Waals surface area contributed by atoms with E-state index in [1.165, 1.54) is 17.0 Å². The van der Waals surface area contributed by atoms with Crippen molar-refractivity contribution in [1.82, 2.24) is 15.1 Å². The molecule has 3 rings (SSSR count). The average molecular weight is 381 g/mol. The Kier molecular flexibility index (Phi) is 6.76. The molecule has 0 unspecified atom stereocenters. The number of rotatable bonds is 4. The summed E-state index contributed by atoms with van der Waals surface area (Å²) in [6.07, 6.45) is 0. The number of hydrogen-bond donors (Lipinski definition) is 2. The number of quaternary nitrogens is 1. The SMILES string of the molecule is O=C(C[NH+]1CCN(C(=S)NCc2ccc(F)cc2)CC1)N1CCOCC1. The number of morpholine rings is 1. The van der Waals surface area contributed by atoms with Crippen LogP contribution in [-0.2, 0) is 16.1 Å². The zero-order valence-corrected chi connectivity index (χ0v) is 15.7. The van der Waals surface area contributed by atoms with E-state index in [-0.39, 0.29) is 11.7 Å². The molecule has 142 valence electrons. The van der Waals surface area contributed by atoms with Crippen LogP contribution in [0.2, 0.25) is 0 Å². The van der Waals surface area contributed by atoms with Gasteiger partial charge in [0, 0.05) is 19.6 Å². The maximum absolute atomic E-state index is 12.9. The number of hydrogen-bond acceptors (Lipinski definition) is 3. The number of carbonyl (C=O) groups is 1. The predicted molar refractivity (Wildman–Crippen MR) is 100 cm³/mol. The van der Waals surface area contributed by atoms with E-state index in [9.17, 15) is 9.18 Å². The van der Waals surface area contributed by atoms with Gasteiger partial charge in [0.2, 0.25) is 0 Å². The van der Waals surface area contributed by atoms with E-state index in [2.05, 4.69) is 10.2 Å². The zero-order valence-electron chi connectivity index (χ0n) is 14.9. The molecule has 6 nitrogen and oxygen atoms in total. The van der Waals surface area contributed by atoms with Crippen molar-refractivity contribution in [2.75, 3.05) is 59.0 Å². The Morgan fingerprint density at radius 3 is 2.42 bits per heavy atom. The van der Waals surface area contributed by atoms with E-state index in [0.717, 1.165) is 31.7 Å². The van der Waals surface area contributed by atoms with Gasteiger partial charge in [-0.15, -0.1) is 0 Å². The molecule has 2 fully saturated rings. The van der Waals surface area contributed by atoms with Crippen LogP contribution in [0, 0.1) is 5.82 Å². The molecule has 8 heteroatoms. The third-order valence-electron chi connectivity index (χ3n) is 4.88. The fourth-order valence-corrected chi connectivity index (χ4v) is 3.49. The lowest BCUT2D eigenvalue weighted by Crippen LogP contribution is -3.16. The van der Waals surface area contributed by atoms with Crippen molar-refractivity contribution in [3.8, 4) is 0 Å². The largest absolute Gasteiger partial charge is 0.378 e. The van der Waals surface area contributed by atoms with E-state index in [1.807, 2.05) is 4.90 Å². The lowest BCUT2D eigenvalue weighted by atomic mass is 10.2. The second kappa shape index (κ2) is 9.25. The van der Waals surface area contributed by atoms with Gasteiger partial charge >= 0.3 is 0 Å². The Morgan fingerprint density at radius 2 is 1.77 bits per heavy atom. The van der Waals surface area contributed by atoms with Gasteiger partial charge in [-0.1, -0.05) is 12.1 Å². The smallest absolute Gasteiger partial charge is 0.277 e. The van der Waals surface area contributed by atoms with Crippen molar-refractivity contribution in [3.63, 3.8) is 0 Å². The molecular weight excluding hydrogens is 355 g/mol. The van der Waals surface area contributed by atoms with Crippen LogP contribution < -0.4 is 10.2 Å². The minimum absolute atomic E-state index is 0.216. The van der Waals surface area contributed by atoms with Crippen LogP contribution in [-0.4, -0.2) is 79.8 Å². The van der Waals surface area contributed by atoms with Crippen LogP contribution in [0.25, 0.3) is 0 Å². The van der Waals surface area contributed by atoms with E-state index in [0.29, 0.717) is 44.5 Å². The Labute approximate surface area is 158 Å². The molecular formula is C18H26FN4O2S+. The highest BCUT2D eigenvalue weighted by molar-refractivity contribution is 7.80. The summed E-state index contributed by atoms with van der Waals surface area (Å²) in [5.74, 6) is -0.0178. The number of ether oxygens (including phenoxy) is 1. The molecule has 2 saturated heterocycles. The zero-order chi connectivity index (χ0) is 18.4. The third-order valence-corrected chi connectivity index (χ3v) is 5.28. The summed E-state index contributed by atoms with van der Waals surface area (Å²) in [4.78, 5) is 17.7. The first-order valence-corrected chi connectivity index (χ1v) is 9.49. The number of carbonyl (C=O) groups excluding carboxylic acids is 1. The van der Waals surface area contributed by atoms with Crippen LogP contribution in [0.4, 0.5) is 4.39 Å². The number of nitrogens with one attached hydrogen (secondary N) is 2. The van der Waals surface area contributed by atoms with Crippen molar-refractivity contribution in [2.24, 2.45) is 0 Å². The van der Waals surface area contributed by atoms with Gasteiger partial charge in [-0.2, -0.15) is 0 Å². The van der Waals surface area contributed by atoms with Crippen molar-refractivity contribution >= 4 is 23.2 Å². The standard InChI is InChI=1S/C18H25FN4O2S/c19-16-3-1-15(2-4-16)13-20-18(26)23-7-5-21(6-8-23)14-17(24)22-9-11-25-12-10-22/h1-4H,5-14H2,(H,20,26)/p+1. The lowest BCUT2D eigenvalue weighted by molar-refractivity contribution is -0.896. The fourth-order valence-electron chi connectivity index (χ4n) is 3.23. The highest BCUT2D eigenvalue weighted by atomic mass is 32.1. The summed E-state index contributed by atoms with van der Waals surface area (Å²) < 4.78 is 18.2. The summed E-state index contributed by atoms with van der Waals surface area (Å²) >= 11 is 5.47. The second-order valence-electron chi connectivity index (χ2n) is 6.69. The highest BCUT2D eigenvalue weighted by Gasteiger charge is 2.26. The van der Waals surface area contributed by atoms with Gasteiger partial charge in [0.15, 0.2) is 11.7 Å². The fraction of sp³-hybridized carbons (Fsp3) is 0.556. The minimum atomic E-state index is -0.234. The normalized spacial score (nSPS) is 18.7. The van der Waals surface area contributed by atoms with Gasteiger partial charge in [0.05, 0.1) is 39.4 Å². The van der Waals surface area contributed by atoms with E-state index in [4.69, 9.17) is 17.0 Å². The van der Waals surface area contributed by atoms with Crippen molar-refractivity contribution in [2.45, 2.75) is 6.54 Å². The van der Waals surface area contributed by atoms with Crippen LogP contribution >= 0.6 is 12.2 Å². The third kappa shape index (κ3) is 5.36. The number of piperazine rings is 1. The first kappa shape index (κ1) is 19.0. The molecule has 0 saturated carbocycles. The van der Waals surface area contributed by atoms with Gasteiger partial charge in [-0.3, -0.25) is 4.79 Å². The van der Waals surface area contributed by atoms with E-state index in [1.54, 1.807) is 12.1 Å². The Balaban J connectivity index is 1.38. The Morgan fingerprint density at radius 1 is 1.12 bits per heavy atom. The summed E-state index contributed by atoms with van der Waals surface area (Å²) in [7, 11) is 0. The summed E-state index contributed by atoms with van der Waals surface area (Å²) in [5, 5.41) is 3.95. The minimum Gasteiger partial charge on any atom is -0.378 e. The molecule has 2 aliphatic heterocycles. The van der Waals surface area contributed by atoms with Crippen LogP contribution in [0.5, 0.6) is 0 Å². The lowest BCUT2D eigenvalue weighted by Gasteiger charge is -2.35. The molecule has 0 aliphatic carbocycles. The van der Waals surface area contributed by atoms with Crippen LogP contribution in [0.3, 0.4) is 0 Å². The van der Waals surface area contributed by atoms with Gasteiger partial charge in [0.1, 0.15) is 5.82 Å². The van der Waals surface area contributed by atoms with Gasteiger partial charge in [0.25, 0.3) is 5.91 Å². The number of amides is 1. The highest BCUT2D eigenvalue weighted by Crippen LogP contribution is 2.03. The van der Waals surface area contributed by atoms with Gasteiger partial charge in [-0.05, 0) is 29.9 Å². The van der Waals surface area contributed by atoms with E-state index >= 15 is 0 Å². The first-order chi connectivity index (χ1) is 12.6. The average Bonchev–Trinajstić information content (AvgIpc) is 2.68. The molecule has 1 aromatic carbocycles. The number of thiocarbonyl (C=S) groups is 1. The molecule has 2 aliphatic rings. The number of benzene rings is 1. The van der Waals surface area contributed by atoms with E-state index < -0.39 is 0 Å². The number of halogens is 1. The van der Waals surface area contributed by atoms with Gasteiger partial charge in [-0.25, -0.2) is 4.39 Å². The summed E-state index contributed by atoms with van der Waals surface area (Å²) in [6, 6.07) is 6.41. The second-order valence-corrected chi connectivity index (χ2v) is 7.08. The Hall–Kier alpha value is -1.77. The molecule has 2 heterocycles. The molecule has 0 atom stereocenters. The van der Waals surface area contributed by atoms with Crippen LogP contribution in [0.15, 0.2) is 24.3 Å². The van der Waals surface area contributed by atoms with Crippen molar-refractivity contribution in [1.29, 1.82) is 0 Å².